The molecule has 0 fully saturated rings. The Bertz CT molecular complexity index is 1330. The van der Waals surface area contributed by atoms with Crippen LogP contribution in [0, 0.1) is 0 Å². The largest absolute Gasteiger partial charge is 0.393 e. The first kappa shape index (κ1) is 25.0. The molecule has 0 saturated carbocycles. The maximum absolute atomic E-state index is 12.3. The number of nitrogens with one attached hydrogen (secondary N) is 3. The Morgan fingerprint density at radius 3 is 2.61 bits per heavy atom. The zero-order valence-electron chi connectivity index (χ0n) is 20.7. The van der Waals surface area contributed by atoms with E-state index in [-0.39, 0.29) is 17.9 Å². The SMILES string of the molecule is CNC(=O)c1ccnc2c(C(C)CNc3cc(-c4ccc(NCCC(C)O)nc4)ncn3)cccc12. The molecule has 36 heavy (non-hydrogen) atoms. The van der Waals surface area contributed by atoms with Crippen molar-refractivity contribution in [3.63, 3.8) is 0 Å². The van der Waals surface area contributed by atoms with Gasteiger partial charge in [-0.25, -0.2) is 15.0 Å². The predicted molar refractivity (Wildman–Crippen MR) is 142 cm³/mol. The molecule has 0 aliphatic carbocycles. The van der Waals surface area contributed by atoms with Gasteiger partial charge in [-0.15, -0.1) is 0 Å². The summed E-state index contributed by atoms with van der Waals surface area (Å²) in [5.74, 6) is 1.46. The molecule has 4 rings (SSSR count). The number of hydrogen-bond donors (Lipinski definition) is 4. The molecule has 9 nitrogen and oxygen atoms in total. The van der Waals surface area contributed by atoms with Crippen molar-refractivity contribution in [1.29, 1.82) is 0 Å². The second-order valence-corrected chi connectivity index (χ2v) is 8.75. The summed E-state index contributed by atoms with van der Waals surface area (Å²) in [6.45, 7) is 5.17. The Hall–Kier alpha value is -4.11. The summed E-state index contributed by atoms with van der Waals surface area (Å²) in [4.78, 5) is 30.0. The van der Waals surface area contributed by atoms with Gasteiger partial charge < -0.3 is 21.1 Å². The first-order valence-corrected chi connectivity index (χ1v) is 12.0. The molecule has 9 heteroatoms. The van der Waals surface area contributed by atoms with Gasteiger partial charge in [-0.05, 0) is 37.1 Å². The van der Waals surface area contributed by atoms with Crippen molar-refractivity contribution in [3.05, 3.63) is 72.3 Å². The first-order chi connectivity index (χ1) is 17.5. The van der Waals surface area contributed by atoms with Gasteiger partial charge in [-0.1, -0.05) is 25.1 Å². The number of anilines is 2. The molecule has 3 heterocycles. The van der Waals surface area contributed by atoms with E-state index in [4.69, 9.17) is 0 Å². The van der Waals surface area contributed by atoms with E-state index in [1.54, 1.807) is 32.4 Å². The van der Waals surface area contributed by atoms with Crippen LogP contribution in [0.3, 0.4) is 0 Å². The van der Waals surface area contributed by atoms with Crippen LogP contribution in [0.4, 0.5) is 11.6 Å². The summed E-state index contributed by atoms with van der Waals surface area (Å²) < 4.78 is 0. The first-order valence-electron chi connectivity index (χ1n) is 12.0. The summed E-state index contributed by atoms with van der Waals surface area (Å²) in [5, 5.41) is 19.5. The molecule has 1 amide bonds. The van der Waals surface area contributed by atoms with E-state index < -0.39 is 0 Å². The van der Waals surface area contributed by atoms with Crippen molar-refractivity contribution >= 4 is 28.4 Å². The summed E-state index contributed by atoms with van der Waals surface area (Å²) >= 11 is 0. The molecule has 2 atom stereocenters. The molecule has 0 aliphatic rings. The molecule has 2 unspecified atom stereocenters. The van der Waals surface area contributed by atoms with Crippen molar-refractivity contribution in [3.8, 4) is 11.3 Å². The lowest BCUT2D eigenvalue weighted by molar-refractivity contribution is 0.0964. The lowest BCUT2D eigenvalue weighted by Crippen LogP contribution is -2.18. The Balaban J connectivity index is 1.45. The highest BCUT2D eigenvalue weighted by atomic mass is 16.3. The van der Waals surface area contributed by atoms with Gasteiger partial charge in [-0.3, -0.25) is 9.78 Å². The highest BCUT2D eigenvalue weighted by Crippen LogP contribution is 2.27. The number of hydrogen-bond acceptors (Lipinski definition) is 8. The lowest BCUT2D eigenvalue weighted by Gasteiger charge is -2.16. The Labute approximate surface area is 210 Å². The van der Waals surface area contributed by atoms with Crippen LogP contribution in [-0.4, -0.2) is 57.2 Å². The molecule has 1 aromatic carbocycles. The van der Waals surface area contributed by atoms with Gasteiger partial charge >= 0.3 is 0 Å². The lowest BCUT2D eigenvalue weighted by atomic mass is 9.96. The normalized spacial score (nSPS) is 12.7. The number of aliphatic hydroxyl groups is 1. The molecule has 0 saturated heterocycles. The monoisotopic (exact) mass is 485 g/mol. The van der Waals surface area contributed by atoms with E-state index in [1.165, 1.54) is 6.33 Å². The summed E-state index contributed by atoms with van der Waals surface area (Å²) in [5.41, 5.74) is 4.15. The summed E-state index contributed by atoms with van der Waals surface area (Å²) in [7, 11) is 1.63. The quantitative estimate of drug-likeness (QED) is 0.267. The highest BCUT2D eigenvalue weighted by Gasteiger charge is 2.15. The zero-order valence-corrected chi connectivity index (χ0v) is 20.7. The number of pyridine rings is 2. The molecule has 0 aliphatic heterocycles. The minimum atomic E-state index is -0.344. The van der Waals surface area contributed by atoms with E-state index >= 15 is 0 Å². The number of rotatable bonds is 10. The van der Waals surface area contributed by atoms with Crippen molar-refractivity contribution in [2.45, 2.75) is 32.3 Å². The third-order valence-electron chi connectivity index (χ3n) is 5.99. The van der Waals surface area contributed by atoms with Crippen LogP contribution in [0.2, 0.25) is 0 Å². The van der Waals surface area contributed by atoms with Crippen molar-refractivity contribution in [2.24, 2.45) is 0 Å². The maximum Gasteiger partial charge on any atom is 0.251 e. The number of aliphatic hydroxyl groups excluding tert-OH is 1. The van der Waals surface area contributed by atoms with Gasteiger partial charge in [0.25, 0.3) is 5.91 Å². The van der Waals surface area contributed by atoms with Crippen molar-refractivity contribution < 1.29 is 9.90 Å². The number of aromatic nitrogens is 4. The van der Waals surface area contributed by atoms with Crippen molar-refractivity contribution in [1.82, 2.24) is 25.3 Å². The Morgan fingerprint density at radius 1 is 1.00 bits per heavy atom. The van der Waals surface area contributed by atoms with Crippen LogP contribution in [0.1, 0.15) is 42.1 Å². The van der Waals surface area contributed by atoms with Gasteiger partial charge in [0.1, 0.15) is 18.0 Å². The molecule has 186 valence electrons. The summed E-state index contributed by atoms with van der Waals surface area (Å²) in [6, 6.07) is 13.4. The molecule has 0 radical (unpaired) electrons. The molecular weight excluding hydrogens is 454 g/mol. The van der Waals surface area contributed by atoms with Gasteiger partial charge in [0.15, 0.2) is 0 Å². The second-order valence-electron chi connectivity index (χ2n) is 8.75. The van der Waals surface area contributed by atoms with Gasteiger partial charge in [0.2, 0.25) is 0 Å². The van der Waals surface area contributed by atoms with Gasteiger partial charge in [0.05, 0.1) is 22.9 Å². The average Bonchev–Trinajstić information content (AvgIpc) is 2.91. The topological polar surface area (TPSA) is 125 Å². The van der Waals surface area contributed by atoms with E-state index in [2.05, 4.69) is 42.8 Å². The van der Waals surface area contributed by atoms with Gasteiger partial charge in [0, 0.05) is 55.5 Å². The van der Waals surface area contributed by atoms with Crippen LogP contribution in [0.5, 0.6) is 0 Å². The van der Waals surface area contributed by atoms with E-state index in [0.717, 1.165) is 33.5 Å². The third-order valence-corrected chi connectivity index (χ3v) is 5.99. The smallest absolute Gasteiger partial charge is 0.251 e. The number of carbonyl (C=O) groups is 1. The number of benzene rings is 1. The number of nitrogens with zero attached hydrogens (tertiary/aromatic N) is 4. The maximum atomic E-state index is 12.3. The molecule has 4 N–H and O–H groups in total. The van der Waals surface area contributed by atoms with Crippen LogP contribution in [0.15, 0.2) is 61.2 Å². The van der Waals surface area contributed by atoms with Crippen molar-refractivity contribution in [2.75, 3.05) is 30.8 Å². The predicted octanol–water partition coefficient (Wildman–Crippen LogP) is 3.84. The minimum Gasteiger partial charge on any atom is -0.393 e. The van der Waals surface area contributed by atoms with Crippen LogP contribution in [0.25, 0.3) is 22.2 Å². The highest BCUT2D eigenvalue weighted by molar-refractivity contribution is 6.06. The fourth-order valence-corrected chi connectivity index (χ4v) is 3.97. The number of carbonyl (C=O) groups excluding carboxylic acids is 1. The molecule has 0 spiro atoms. The average molecular weight is 486 g/mol. The standard InChI is InChI=1S/C27H31N7O2/c1-17(20-5-4-6-21-22(27(36)28-3)10-12-30-26(20)21)14-31-25-13-23(33-16-34-25)19-7-8-24(32-15-19)29-11-9-18(2)35/h4-8,10,12-13,15-18,35H,9,11,14H2,1-3H3,(H,28,36)(H,29,32)(H,31,33,34). The van der Waals surface area contributed by atoms with E-state index in [0.29, 0.717) is 30.9 Å². The number of amides is 1. The van der Waals surface area contributed by atoms with Crippen LogP contribution < -0.4 is 16.0 Å². The molecular formula is C27H31N7O2. The zero-order chi connectivity index (χ0) is 25.5. The third kappa shape index (κ3) is 5.92. The van der Waals surface area contributed by atoms with E-state index in [1.807, 2.05) is 36.4 Å². The number of para-hydroxylation sites is 1. The Kier molecular flexibility index (Phi) is 8.02. The minimum absolute atomic E-state index is 0.119. The second kappa shape index (κ2) is 11.5. The summed E-state index contributed by atoms with van der Waals surface area (Å²) in [6.07, 6.45) is 5.29. The fraction of sp³-hybridized carbons (Fsp3) is 0.296. The van der Waals surface area contributed by atoms with Crippen LogP contribution >= 0.6 is 0 Å². The Morgan fingerprint density at radius 2 is 1.86 bits per heavy atom. The molecule has 3 aromatic heterocycles. The molecule has 0 bridgehead atoms. The van der Waals surface area contributed by atoms with Gasteiger partial charge in [-0.2, -0.15) is 0 Å². The van der Waals surface area contributed by atoms with Crippen LogP contribution in [-0.2, 0) is 0 Å². The molecule has 4 aromatic rings. The fourth-order valence-electron chi connectivity index (χ4n) is 3.97. The van der Waals surface area contributed by atoms with E-state index in [9.17, 15) is 9.90 Å². The number of fused-ring (bicyclic) bond motifs is 1.